The summed E-state index contributed by atoms with van der Waals surface area (Å²) in [6, 6.07) is 14.3. The number of benzene rings is 2. The van der Waals surface area contributed by atoms with Crippen LogP contribution in [-0.2, 0) is 0 Å². The third-order valence-electron chi connectivity index (χ3n) is 3.67. The van der Waals surface area contributed by atoms with E-state index in [0.29, 0.717) is 11.3 Å². The summed E-state index contributed by atoms with van der Waals surface area (Å²) < 4.78 is 19.3. The van der Waals surface area contributed by atoms with Crippen molar-refractivity contribution in [1.82, 2.24) is 5.43 Å². The molecule has 9 heteroatoms. The lowest BCUT2D eigenvalue weighted by Crippen LogP contribution is -2.19. The van der Waals surface area contributed by atoms with Crippen molar-refractivity contribution in [2.24, 2.45) is 5.10 Å². The van der Waals surface area contributed by atoms with E-state index in [0.717, 1.165) is 6.07 Å². The molecule has 3 rings (SSSR count). The molecule has 1 N–H and O–H groups in total. The monoisotopic (exact) mass is 378 g/mol. The first-order valence-electron chi connectivity index (χ1n) is 7.85. The second kappa shape index (κ2) is 7.92. The Labute approximate surface area is 157 Å². The van der Waals surface area contributed by atoms with E-state index in [1.54, 1.807) is 24.3 Å². The highest BCUT2D eigenvalue weighted by molar-refractivity contribution is 5.95. The Hall–Kier alpha value is -4.32. The average molecular weight is 378 g/mol. The van der Waals surface area contributed by atoms with Crippen LogP contribution in [-0.4, -0.2) is 17.0 Å². The number of nitrogens with one attached hydrogen (secondary N) is 1. The number of nitro benzene ring substituents is 1. The number of non-ortho nitro benzene ring substituents is 1. The van der Waals surface area contributed by atoms with Crippen LogP contribution in [0.5, 0.6) is 0 Å². The summed E-state index contributed by atoms with van der Waals surface area (Å²) in [5.41, 5.74) is 2.44. The maximum Gasteiger partial charge on any atom is 0.274 e. The van der Waals surface area contributed by atoms with Gasteiger partial charge in [0.05, 0.1) is 28.3 Å². The zero-order valence-corrected chi connectivity index (χ0v) is 14.1. The minimum Gasteiger partial charge on any atom is -0.455 e. The maximum absolute atomic E-state index is 13.8. The minimum absolute atomic E-state index is 0.0687. The highest BCUT2D eigenvalue weighted by Gasteiger charge is 2.12. The van der Waals surface area contributed by atoms with Crippen LogP contribution in [0, 0.1) is 27.3 Å². The van der Waals surface area contributed by atoms with Gasteiger partial charge < -0.3 is 4.42 Å². The van der Waals surface area contributed by atoms with Crippen molar-refractivity contribution in [2.75, 3.05) is 0 Å². The molecule has 0 radical (unpaired) electrons. The number of hydrogen-bond donors (Lipinski definition) is 1. The smallest absolute Gasteiger partial charge is 0.274 e. The van der Waals surface area contributed by atoms with Gasteiger partial charge in [-0.05, 0) is 30.3 Å². The Bertz CT molecular complexity index is 1130. The van der Waals surface area contributed by atoms with Crippen molar-refractivity contribution in [2.45, 2.75) is 0 Å². The molecule has 1 heterocycles. The summed E-state index contributed by atoms with van der Waals surface area (Å²) in [5, 5.41) is 23.2. The van der Waals surface area contributed by atoms with Crippen molar-refractivity contribution < 1.29 is 18.5 Å². The molecule has 28 heavy (non-hydrogen) atoms. The van der Waals surface area contributed by atoms with Crippen molar-refractivity contribution in [3.05, 3.63) is 87.4 Å². The van der Waals surface area contributed by atoms with E-state index in [-0.39, 0.29) is 22.6 Å². The number of nitrogens with zero attached hydrogens (tertiary/aromatic N) is 3. The summed E-state index contributed by atoms with van der Waals surface area (Å²) in [6.45, 7) is 0. The van der Waals surface area contributed by atoms with E-state index in [1.165, 1.54) is 36.5 Å². The molecule has 0 spiro atoms. The van der Waals surface area contributed by atoms with Gasteiger partial charge in [0.2, 0.25) is 0 Å². The van der Waals surface area contributed by atoms with Crippen molar-refractivity contribution >= 4 is 17.8 Å². The first-order chi connectivity index (χ1) is 13.5. The standard InChI is InChI=1S/C19H11FN4O4/c20-17-8-12(10-21)4-6-16(17)19(25)23-22-11-15-5-7-18(28-15)13-2-1-3-14(9-13)24(26)27/h1-9,11H,(H,23,25)/b22-11-. The first-order valence-corrected chi connectivity index (χ1v) is 7.85. The predicted molar refractivity (Wildman–Crippen MR) is 97.0 cm³/mol. The zero-order chi connectivity index (χ0) is 20.1. The number of furan rings is 1. The lowest BCUT2D eigenvalue weighted by Gasteiger charge is -2.01. The molecule has 0 aliphatic carbocycles. The van der Waals surface area contributed by atoms with Gasteiger partial charge in [0.25, 0.3) is 11.6 Å². The SMILES string of the molecule is N#Cc1ccc(C(=O)N/N=C\c2ccc(-c3cccc([N+](=O)[O-])c3)o2)c(F)c1. The number of nitro groups is 1. The van der Waals surface area contributed by atoms with Crippen LogP contribution >= 0.6 is 0 Å². The van der Waals surface area contributed by atoms with Gasteiger partial charge in [0.15, 0.2) is 0 Å². The fraction of sp³-hybridized carbons (Fsp3) is 0. The van der Waals surface area contributed by atoms with Gasteiger partial charge in [-0.1, -0.05) is 12.1 Å². The summed E-state index contributed by atoms with van der Waals surface area (Å²) in [5.74, 6) is -0.960. The molecule has 3 aromatic rings. The molecule has 0 bridgehead atoms. The molecule has 2 aromatic carbocycles. The number of carbonyl (C=O) groups is 1. The molecule has 138 valence electrons. The third kappa shape index (κ3) is 4.08. The average Bonchev–Trinajstić information content (AvgIpc) is 3.16. The molecule has 1 aromatic heterocycles. The molecule has 8 nitrogen and oxygen atoms in total. The first kappa shape index (κ1) is 18.5. The Kier molecular flexibility index (Phi) is 5.23. The number of amides is 1. The fourth-order valence-corrected chi connectivity index (χ4v) is 2.33. The molecular weight excluding hydrogens is 367 g/mol. The van der Waals surface area contributed by atoms with Gasteiger partial charge in [-0.25, -0.2) is 9.82 Å². The molecular formula is C19H11FN4O4. The summed E-state index contributed by atoms with van der Waals surface area (Å²) in [4.78, 5) is 22.3. The number of carbonyl (C=O) groups excluding carboxylic acids is 1. The van der Waals surface area contributed by atoms with Gasteiger partial charge in [0, 0.05) is 17.7 Å². The summed E-state index contributed by atoms with van der Waals surface area (Å²) >= 11 is 0. The van der Waals surface area contributed by atoms with Crippen LogP contribution in [0.4, 0.5) is 10.1 Å². The van der Waals surface area contributed by atoms with Crippen LogP contribution in [0.15, 0.2) is 64.1 Å². The van der Waals surface area contributed by atoms with Gasteiger partial charge in [-0.3, -0.25) is 14.9 Å². The largest absolute Gasteiger partial charge is 0.455 e. The van der Waals surface area contributed by atoms with Crippen molar-refractivity contribution in [3.63, 3.8) is 0 Å². The maximum atomic E-state index is 13.8. The van der Waals surface area contributed by atoms with Gasteiger partial charge in [-0.15, -0.1) is 0 Å². The quantitative estimate of drug-likeness (QED) is 0.413. The van der Waals surface area contributed by atoms with Crippen molar-refractivity contribution in [1.29, 1.82) is 5.26 Å². The second-order valence-corrected chi connectivity index (χ2v) is 5.52. The van der Waals surface area contributed by atoms with Crippen LogP contribution in [0.25, 0.3) is 11.3 Å². The second-order valence-electron chi connectivity index (χ2n) is 5.52. The van der Waals surface area contributed by atoms with Gasteiger partial charge >= 0.3 is 0 Å². The van der Waals surface area contributed by atoms with Crippen LogP contribution in [0.2, 0.25) is 0 Å². The lowest BCUT2D eigenvalue weighted by atomic mass is 10.1. The van der Waals surface area contributed by atoms with E-state index in [4.69, 9.17) is 9.68 Å². The molecule has 1 amide bonds. The van der Waals surface area contributed by atoms with E-state index in [2.05, 4.69) is 10.5 Å². The molecule has 0 aliphatic heterocycles. The Morgan fingerprint density at radius 3 is 2.79 bits per heavy atom. The van der Waals surface area contributed by atoms with E-state index >= 15 is 0 Å². The molecule has 0 atom stereocenters. The van der Waals surface area contributed by atoms with Crippen LogP contribution < -0.4 is 5.43 Å². The molecule has 0 fully saturated rings. The number of hydrogen-bond acceptors (Lipinski definition) is 6. The van der Waals surface area contributed by atoms with Crippen molar-refractivity contribution in [3.8, 4) is 17.4 Å². The highest BCUT2D eigenvalue weighted by atomic mass is 19.1. The molecule has 0 aliphatic rings. The highest BCUT2D eigenvalue weighted by Crippen LogP contribution is 2.25. The third-order valence-corrected chi connectivity index (χ3v) is 3.67. The predicted octanol–water partition coefficient (Wildman–Crippen LogP) is 3.63. The Morgan fingerprint density at radius 1 is 1.25 bits per heavy atom. The Morgan fingerprint density at radius 2 is 2.07 bits per heavy atom. The molecule has 0 saturated heterocycles. The van der Waals surface area contributed by atoms with Crippen LogP contribution in [0.3, 0.4) is 0 Å². The zero-order valence-electron chi connectivity index (χ0n) is 14.1. The molecule has 0 saturated carbocycles. The number of halogens is 1. The fourth-order valence-electron chi connectivity index (χ4n) is 2.33. The topological polar surface area (TPSA) is 122 Å². The number of nitriles is 1. The van der Waals surface area contributed by atoms with E-state index in [9.17, 15) is 19.3 Å². The summed E-state index contributed by atoms with van der Waals surface area (Å²) in [6.07, 6.45) is 1.21. The number of rotatable bonds is 5. The molecule has 0 unspecified atom stereocenters. The Balaban J connectivity index is 1.69. The normalized spacial score (nSPS) is 10.6. The number of hydrazone groups is 1. The lowest BCUT2D eigenvalue weighted by molar-refractivity contribution is -0.384. The van der Waals surface area contributed by atoms with E-state index in [1.807, 2.05) is 0 Å². The van der Waals surface area contributed by atoms with Crippen LogP contribution in [0.1, 0.15) is 21.7 Å². The van der Waals surface area contributed by atoms with E-state index < -0.39 is 16.6 Å². The van der Waals surface area contributed by atoms with Gasteiger partial charge in [0.1, 0.15) is 17.3 Å². The summed E-state index contributed by atoms with van der Waals surface area (Å²) in [7, 11) is 0. The van der Waals surface area contributed by atoms with Gasteiger partial charge in [-0.2, -0.15) is 10.4 Å². The minimum atomic E-state index is -0.835.